The molecule has 0 unspecified atom stereocenters. The Labute approximate surface area is 144 Å². The van der Waals surface area contributed by atoms with Crippen LogP contribution >= 0.6 is 11.3 Å². The zero-order chi connectivity index (χ0) is 17.5. The third-order valence-electron chi connectivity index (χ3n) is 3.11. The molecule has 0 aliphatic rings. The molecule has 0 bridgehead atoms. The summed E-state index contributed by atoms with van der Waals surface area (Å²) in [6, 6.07) is 1.58. The van der Waals surface area contributed by atoms with Gasteiger partial charge in [-0.15, -0.1) is 11.3 Å². The summed E-state index contributed by atoms with van der Waals surface area (Å²) < 4.78 is 4.86. The maximum atomic E-state index is 11.9. The summed E-state index contributed by atoms with van der Waals surface area (Å²) in [5, 5.41) is 11.7. The summed E-state index contributed by atoms with van der Waals surface area (Å²) in [7, 11) is 3.89. The van der Waals surface area contributed by atoms with E-state index in [-0.39, 0.29) is 17.5 Å². The lowest BCUT2D eigenvalue weighted by atomic mass is 10.3. The fourth-order valence-corrected chi connectivity index (χ4v) is 2.64. The minimum Gasteiger partial charge on any atom is -0.361 e. The van der Waals surface area contributed by atoms with Crippen molar-refractivity contribution in [2.24, 2.45) is 0 Å². The highest BCUT2D eigenvalue weighted by atomic mass is 32.1. The maximum Gasteiger partial charge on any atom is 0.273 e. The monoisotopic (exact) mass is 351 g/mol. The molecule has 0 aliphatic carbocycles. The van der Waals surface area contributed by atoms with E-state index < -0.39 is 0 Å². The molecule has 24 heavy (non-hydrogen) atoms. The highest BCUT2D eigenvalue weighted by Gasteiger charge is 2.12. The number of rotatable bonds is 8. The van der Waals surface area contributed by atoms with Gasteiger partial charge in [-0.2, -0.15) is 0 Å². The predicted octanol–water partition coefficient (Wildman–Crippen LogP) is 0.703. The average molecular weight is 351 g/mol. The van der Waals surface area contributed by atoms with Crippen LogP contribution < -0.4 is 10.6 Å². The van der Waals surface area contributed by atoms with Gasteiger partial charge >= 0.3 is 0 Å². The molecular weight excluding hydrogens is 330 g/mol. The van der Waals surface area contributed by atoms with Crippen molar-refractivity contribution >= 4 is 23.2 Å². The normalized spacial score (nSPS) is 10.8. The molecule has 0 aliphatic heterocycles. The Balaban J connectivity index is 1.75. The third-order valence-corrected chi connectivity index (χ3v) is 4.02. The Morgan fingerprint density at radius 2 is 1.92 bits per heavy atom. The molecule has 2 N–H and O–H groups in total. The first-order valence-electron chi connectivity index (χ1n) is 7.54. The van der Waals surface area contributed by atoms with Gasteiger partial charge in [0.05, 0.1) is 5.01 Å². The Hall–Kier alpha value is -2.26. The maximum absolute atomic E-state index is 11.9. The van der Waals surface area contributed by atoms with Crippen LogP contribution in [0.15, 0.2) is 16.0 Å². The molecular formula is C15H21N5O3S. The van der Waals surface area contributed by atoms with Crippen molar-refractivity contribution in [1.82, 2.24) is 25.7 Å². The molecule has 0 fully saturated rings. The van der Waals surface area contributed by atoms with E-state index in [9.17, 15) is 9.59 Å². The van der Waals surface area contributed by atoms with E-state index in [1.165, 1.54) is 11.3 Å². The van der Waals surface area contributed by atoms with Crippen LogP contribution in [-0.2, 0) is 6.42 Å². The molecule has 2 amide bonds. The van der Waals surface area contributed by atoms with E-state index in [0.717, 1.165) is 11.6 Å². The summed E-state index contributed by atoms with van der Waals surface area (Å²) in [4.78, 5) is 30.0. The molecule has 2 aromatic heterocycles. The molecule has 0 radical (unpaired) electrons. The van der Waals surface area contributed by atoms with Crippen molar-refractivity contribution in [3.63, 3.8) is 0 Å². The SMILES string of the molecule is Cc1cc(C(=O)NCCc2nc(C(=O)NCCN(C)C)cs2)no1. The Morgan fingerprint density at radius 3 is 2.58 bits per heavy atom. The number of carbonyl (C=O) groups excluding carboxylic acids is 2. The second kappa shape index (κ2) is 8.55. The Kier molecular flexibility index (Phi) is 6.44. The topological polar surface area (TPSA) is 100 Å². The van der Waals surface area contributed by atoms with Crippen LogP contribution in [0.25, 0.3) is 0 Å². The summed E-state index contributed by atoms with van der Waals surface area (Å²) >= 11 is 1.40. The van der Waals surface area contributed by atoms with Crippen molar-refractivity contribution in [2.45, 2.75) is 13.3 Å². The number of carbonyl (C=O) groups is 2. The first kappa shape index (κ1) is 18.1. The second-order valence-corrected chi connectivity index (χ2v) is 6.46. The third kappa shape index (κ3) is 5.43. The summed E-state index contributed by atoms with van der Waals surface area (Å²) in [5.41, 5.74) is 0.666. The van der Waals surface area contributed by atoms with Gasteiger partial charge in [0.1, 0.15) is 11.5 Å². The predicted molar refractivity (Wildman–Crippen MR) is 90.3 cm³/mol. The van der Waals surface area contributed by atoms with E-state index in [1.807, 2.05) is 19.0 Å². The van der Waals surface area contributed by atoms with E-state index >= 15 is 0 Å². The zero-order valence-corrected chi connectivity index (χ0v) is 14.8. The summed E-state index contributed by atoms with van der Waals surface area (Å²) in [6.07, 6.45) is 0.554. The van der Waals surface area contributed by atoms with E-state index in [1.54, 1.807) is 18.4 Å². The molecule has 9 heteroatoms. The van der Waals surface area contributed by atoms with Crippen molar-refractivity contribution in [3.05, 3.63) is 33.6 Å². The van der Waals surface area contributed by atoms with Gasteiger partial charge in [-0.05, 0) is 21.0 Å². The van der Waals surface area contributed by atoms with Gasteiger partial charge in [-0.25, -0.2) is 4.98 Å². The largest absolute Gasteiger partial charge is 0.361 e. The number of aryl methyl sites for hydroxylation is 1. The van der Waals surface area contributed by atoms with Gasteiger partial charge in [-0.1, -0.05) is 5.16 Å². The van der Waals surface area contributed by atoms with Gasteiger partial charge in [0.2, 0.25) is 0 Å². The van der Waals surface area contributed by atoms with E-state index in [2.05, 4.69) is 20.8 Å². The minimum atomic E-state index is -0.287. The number of amides is 2. The molecule has 0 aromatic carbocycles. The van der Waals surface area contributed by atoms with Gasteiger partial charge in [-0.3, -0.25) is 9.59 Å². The van der Waals surface area contributed by atoms with Crippen LogP contribution in [0.3, 0.4) is 0 Å². The Bertz CT molecular complexity index is 695. The molecule has 2 rings (SSSR count). The minimum absolute atomic E-state index is 0.179. The second-order valence-electron chi connectivity index (χ2n) is 5.51. The van der Waals surface area contributed by atoms with Gasteiger partial charge in [0.15, 0.2) is 5.69 Å². The number of hydrogen-bond donors (Lipinski definition) is 2. The summed E-state index contributed by atoms with van der Waals surface area (Å²) in [6.45, 7) is 3.49. The van der Waals surface area contributed by atoms with Gasteiger partial charge in [0.25, 0.3) is 11.8 Å². The van der Waals surface area contributed by atoms with Crippen LogP contribution in [-0.4, -0.2) is 60.6 Å². The number of nitrogens with one attached hydrogen (secondary N) is 2. The van der Waals surface area contributed by atoms with Crippen LogP contribution in [0.2, 0.25) is 0 Å². The van der Waals surface area contributed by atoms with Crippen LogP contribution in [0.5, 0.6) is 0 Å². The molecule has 130 valence electrons. The van der Waals surface area contributed by atoms with Crippen LogP contribution in [0, 0.1) is 6.92 Å². The van der Waals surface area contributed by atoms with Crippen molar-refractivity contribution in [2.75, 3.05) is 33.7 Å². The van der Waals surface area contributed by atoms with E-state index in [0.29, 0.717) is 31.0 Å². The molecule has 0 atom stereocenters. The Morgan fingerprint density at radius 1 is 1.21 bits per heavy atom. The quantitative estimate of drug-likeness (QED) is 0.726. The van der Waals surface area contributed by atoms with Crippen molar-refractivity contribution in [3.8, 4) is 0 Å². The number of likely N-dealkylation sites (N-methyl/N-ethyl adjacent to an activating group) is 1. The van der Waals surface area contributed by atoms with Crippen LogP contribution in [0.4, 0.5) is 0 Å². The van der Waals surface area contributed by atoms with Gasteiger partial charge in [0, 0.05) is 37.5 Å². The zero-order valence-electron chi connectivity index (χ0n) is 14.0. The smallest absolute Gasteiger partial charge is 0.273 e. The number of hydrogen-bond acceptors (Lipinski definition) is 7. The highest BCUT2D eigenvalue weighted by Crippen LogP contribution is 2.10. The molecule has 8 nitrogen and oxygen atoms in total. The summed E-state index contributed by atoms with van der Waals surface area (Å²) in [5.74, 6) is 0.122. The van der Waals surface area contributed by atoms with Crippen molar-refractivity contribution < 1.29 is 14.1 Å². The molecule has 0 spiro atoms. The fraction of sp³-hybridized carbons (Fsp3) is 0.467. The first-order chi connectivity index (χ1) is 11.5. The molecule has 0 saturated carbocycles. The van der Waals surface area contributed by atoms with E-state index in [4.69, 9.17) is 4.52 Å². The lowest BCUT2D eigenvalue weighted by Gasteiger charge is -2.09. The first-order valence-corrected chi connectivity index (χ1v) is 8.42. The van der Waals surface area contributed by atoms with Crippen LogP contribution in [0.1, 0.15) is 31.7 Å². The number of aromatic nitrogens is 2. The standard InChI is InChI=1S/C15H21N5O3S/c1-10-8-11(19-23-10)14(21)16-5-4-13-18-12(9-24-13)15(22)17-6-7-20(2)3/h8-9H,4-7H2,1-3H3,(H,16,21)(H,17,22). The number of thiazole rings is 1. The fourth-order valence-electron chi connectivity index (χ4n) is 1.86. The van der Waals surface area contributed by atoms with Crippen molar-refractivity contribution in [1.29, 1.82) is 0 Å². The van der Waals surface area contributed by atoms with Gasteiger partial charge < -0.3 is 20.1 Å². The molecule has 0 saturated heterocycles. The molecule has 2 heterocycles. The molecule has 2 aromatic rings. The average Bonchev–Trinajstić information content (AvgIpc) is 3.16. The number of nitrogens with zero attached hydrogens (tertiary/aromatic N) is 3. The highest BCUT2D eigenvalue weighted by molar-refractivity contribution is 7.09. The lowest BCUT2D eigenvalue weighted by Crippen LogP contribution is -2.31. The lowest BCUT2D eigenvalue weighted by molar-refractivity contribution is 0.0936.